The maximum atomic E-state index is 13.2. The van der Waals surface area contributed by atoms with Crippen LogP contribution in [0.15, 0.2) is 77.7 Å². The van der Waals surface area contributed by atoms with Crippen LogP contribution in [0.25, 0.3) is 11.1 Å². The molecule has 1 atom stereocenters. The van der Waals surface area contributed by atoms with Crippen molar-refractivity contribution in [1.82, 2.24) is 9.62 Å². The molecule has 34 heavy (non-hydrogen) atoms. The van der Waals surface area contributed by atoms with Crippen molar-refractivity contribution in [3.05, 3.63) is 89.7 Å². The van der Waals surface area contributed by atoms with E-state index in [0.29, 0.717) is 10.5 Å². The smallest absolute Gasteiger partial charge is 0.351 e. The van der Waals surface area contributed by atoms with Gasteiger partial charge in [-0.1, -0.05) is 30.3 Å². The molecule has 3 rings (SSSR count). The van der Waals surface area contributed by atoms with Crippen LogP contribution < -0.4 is 5.32 Å². The summed E-state index contributed by atoms with van der Waals surface area (Å²) in [5.41, 5.74) is 1.40. The van der Waals surface area contributed by atoms with Crippen molar-refractivity contribution in [3.63, 3.8) is 0 Å². The highest BCUT2D eigenvalue weighted by Gasteiger charge is 2.30. The topological polar surface area (TPSA) is 49.4 Å². The number of benzene rings is 3. The summed E-state index contributed by atoms with van der Waals surface area (Å²) < 4.78 is 65.9. The average Bonchev–Trinajstić information content (AvgIpc) is 2.81. The summed E-state index contributed by atoms with van der Waals surface area (Å²) in [5, 5.41) is 2.78. The highest BCUT2D eigenvalue weighted by molar-refractivity contribution is 7.82. The molecule has 0 aliphatic rings. The lowest BCUT2D eigenvalue weighted by Crippen LogP contribution is -2.41. The number of halogens is 4. The molecule has 0 fully saturated rings. The summed E-state index contributed by atoms with van der Waals surface area (Å²) in [6.07, 6.45) is -4.39. The van der Waals surface area contributed by atoms with Gasteiger partial charge in [0.2, 0.25) is 5.91 Å². The van der Waals surface area contributed by atoms with Crippen LogP contribution in [0.5, 0.6) is 0 Å². The molecule has 0 aliphatic heterocycles. The average molecular weight is 493 g/mol. The normalized spacial score (nSPS) is 12.7. The summed E-state index contributed by atoms with van der Waals surface area (Å²) in [5.74, 6) is -0.780. The van der Waals surface area contributed by atoms with Gasteiger partial charge in [0.1, 0.15) is 16.8 Å². The largest absolute Gasteiger partial charge is 0.416 e. The number of carbonyl (C=O) groups excluding carboxylic acids is 1. The number of nitrogens with one attached hydrogen (secondary N) is 1. The molecule has 1 N–H and O–H groups in total. The Hall–Kier alpha value is -3.04. The summed E-state index contributed by atoms with van der Waals surface area (Å²) in [7, 11) is -1.64. The Morgan fingerprint density at radius 3 is 2.21 bits per heavy atom. The van der Waals surface area contributed by atoms with Gasteiger partial charge in [-0.2, -0.15) is 13.2 Å². The number of hydrogen-bond acceptors (Lipinski definition) is 2. The maximum absolute atomic E-state index is 13.2. The van der Waals surface area contributed by atoms with Crippen molar-refractivity contribution in [3.8, 4) is 11.1 Å². The van der Waals surface area contributed by atoms with Gasteiger partial charge in [0, 0.05) is 12.6 Å². The summed E-state index contributed by atoms with van der Waals surface area (Å²) in [6, 6.07) is 17.1. The van der Waals surface area contributed by atoms with Gasteiger partial charge in [-0.15, -0.1) is 0 Å². The molecule has 9 heteroatoms. The van der Waals surface area contributed by atoms with E-state index in [4.69, 9.17) is 0 Å². The van der Waals surface area contributed by atoms with Gasteiger partial charge in [-0.3, -0.25) is 4.79 Å². The first kappa shape index (κ1) is 25.6. The van der Waals surface area contributed by atoms with E-state index in [9.17, 15) is 26.6 Å². The van der Waals surface area contributed by atoms with Gasteiger partial charge in [0.15, 0.2) is 0 Å². The van der Waals surface area contributed by atoms with Crippen LogP contribution in [-0.4, -0.2) is 27.0 Å². The number of hydrogen-bond donors (Lipinski definition) is 1. The number of alkyl halides is 3. The van der Waals surface area contributed by atoms with Gasteiger partial charge in [0.25, 0.3) is 0 Å². The third-order valence-corrected chi connectivity index (χ3v) is 6.72. The van der Waals surface area contributed by atoms with Crippen LogP contribution in [0, 0.1) is 5.82 Å². The molecule has 3 aromatic rings. The minimum absolute atomic E-state index is 0.125. The number of rotatable bonds is 8. The number of nitrogens with zero attached hydrogens (tertiary/aromatic N) is 1. The minimum atomic E-state index is -4.39. The van der Waals surface area contributed by atoms with E-state index >= 15 is 0 Å². The number of amides is 1. The number of carbonyl (C=O) groups is 1. The highest BCUT2D eigenvalue weighted by Crippen LogP contribution is 2.31. The molecule has 1 unspecified atom stereocenters. The molecule has 3 aromatic carbocycles. The van der Waals surface area contributed by atoms with Crippen molar-refractivity contribution in [2.24, 2.45) is 0 Å². The van der Waals surface area contributed by atoms with Crippen LogP contribution >= 0.6 is 0 Å². The molecule has 0 saturated heterocycles. The second kappa shape index (κ2) is 10.9. The predicted octanol–water partition coefficient (Wildman–Crippen LogP) is 5.56. The highest BCUT2D eigenvalue weighted by atomic mass is 32.2. The Morgan fingerprint density at radius 2 is 1.62 bits per heavy atom. The zero-order valence-corrected chi connectivity index (χ0v) is 19.4. The van der Waals surface area contributed by atoms with Gasteiger partial charge in [-0.25, -0.2) is 12.9 Å². The van der Waals surface area contributed by atoms with E-state index in [1.54, 1.807) is 24.3 Å². The molecule has 1 amide bonds. The Labute approximate surface area is 198 Å². The predicted molar refractivity (Wildman–Crippen MR) is 123 cm³/mol. The molecular formula is C25H24F4N2O2S. The lowest BCUT2D eigenvalue weighted by Gasteiger charge is -2.24. The SMILES string of the molecule is CC(C)N(CC(=O)NCc1cccc(-c2ccc(C(F)(F)F)cc2)c1)S(=O)c1ccc(F)cc1. The summed E-state index contributed by atoms with van der Waals surface area (Å²) >= 11 is 0. The van der Waals surface area contributed by atoms with Crippen molar-refractivity contribution in [1.29, 1.82) is 0 Å². The van der Waals surface area contributed by atoms with Crippen LogP contribution in [0.2, 0.25) is 0 Å². The van der Waals surface area contributed by atoms with Gasteiger partial charge >= 0.3 is 6.18 Å². The fourth-order valence-corrected chi connectivity index (χ4v) is 4.49. The van der Waals surface area contributed by atoms with E-state index < -0.39 is 28.5 Å². The van der Waals surface area contributed by atoms with E-state index in [2.05, 4.69) is 5.32 Å². The Morgan fingerprint density at radius 1 is 0.971 bits per heavy atom. The van der Waals surface area contributed by atoms with Crippen molar-refractivity contribution in [2.75, 3.05) is 6.54 Å². The fourth-order valence-electron chi connectivity index (χ4n) is 3.23. The Bertz CT molecular complexity index is 1150. The lowest BCUT2D eigenvalue weighted by molar-refractivity contribution is -0.137. The molecule has 0 saturated carbocycles. The van der Waals surface area contributed by atoms with E-state index in [0.717, 1.165) is 23.3 Å². The second-order valence-corrected chi connectivity index (χ2v) is 9.36. The molecular weight excluding hydrogens is 468 g/mol. The summed E-state index contributed by atoms with van der Waals surface area (Å²) in [6.45, 7) is 3.69. The van der Waals surface area contributed by atoms with Crippen LogP contribution in [0.3, 0.4) is 0 Å². The quantitative estimate of drug-likeness (QED) is 0.419. The van der Waals surface area contributed by atoms with Gasteiger partial charge < -0.3 is 5.32 Å². The Kier molecular flexibility index (Phi) is 8.22. The van der Waals surface area contributed by atoms with Gasteiger partial charge in [-0.05, 0) is 73.0 Å². The summed E-state index contributed by atoms with van der Waals surface area (Å²) in [4.78, 5) is 12.9. The van der Waals surface area contributed by atoms with E-state index in [1.807, 2.05) is 13.8 Å². The van der Waals surface area contributed by atoms with Crippen molar-refractivity contribution < 1.29 is 26.6 Å². The lowest BCUT2D eigenvalue weighted by atomic mass is 10.0. The molecule has 4 nitrogen and oxygen atoms in total. The first-order valence-corrected chi connectivity index (χ1v) is 11.6. The van der Waals surface area contributed by atoms with Crippen LogP contribution in [0.4, 0.5) is 17.6 Å². The van der Waals surface area contributed by atoms with Crippen molar-refractivity contribution in [2.45, 2.75) is 37.5 Å². The van der Waals surface area contributed by atoms with Crippen LogP contribution in [0.1, 0.15) is 25.0 Å². The molecule has 0 bridgehead atoms. The standard InChI is InChI=1S/C25H24F4N2O2S/c1-17(2)31(34(33)23-12-10-22(26)11-13-23)16-24(32)30-15-18-4-3-5-20(14-18)19-6-8-21(9-7-19)25(27,28)29/h3-14,17H,15-16H2,1-2H3,(H,30,32). The molecule has 180 valence electrons. The monoisotopic (exact) mass is 492 g/mol. The zero-order chi connectivity index (χ0) is 24.9. The molecule has 0 heterocycles. The second-order valence-electron chi connectivity index (χ2n) is 7.92. The maximum Gasteiger partial charge on any atom is 0.416 e. The van der Waals surface area contributed by atoms with Crippen LogP contribution in [-0.2, 0) is 28.5 Å². The molecule has 0 aromatic heterocycles. The third kappa shape index (κ3) is 6.74. The van der Waals surface area contributed by atoms with Crippen molar-refractivity contribution >= 4 is 16.9 Å². The minimum Gasteiger partial charge on any atom is -0.351 e. The van der Waals surface area contributed by atoms with E-state index in [-0.39, 0.29) is 25.0 Å². The molecule has 0 aliphatic carbocycles. The van der Waals surface area contributed by atoms with E-state index in [1.165, 1.54) is 40.7 Å². The molecule has 0 spiro atoms. The zero-order valence-electron chi connectivity index (χ0n) is 18.6. The fraction of sp³-hybridized carbons (Fsp3) is 0.240. The molecule has 0 radical (unpaired) electrons. The Balaban J connectivity index is 1.64. The first-order chi connectivity index (χ1) is 16.0. The first-order valence-electron chi connectivity index (χ1n) is 10.5. The third-order valence-electron chi connectivity index (χ3n) is 5.07. The van der Waals surface area contributed by atoms with Gasteiger partial charge in [0.05, 0.1) is 17.0 Å².